The Balaban J connectivity index is 2.39. The third kappa shape index (κ3) is 0.856. The van der Waals surface area contributed by atoms with Gasteiger partial charge in [-0.3, -0.25) is 4.98 Å². The standard InChI is InChI=1S/C8H10N2/c1-7-8(10-5-6-10)3-2-4-9-7/h2-4H,5-6H2,1H3. The van der Waals surface area contributed by atoms with Gasteiger partial charge in [0.15, 0.2) is 0 Å². The first kappa shape index (κ1) is 5.71. The summed E-state index contributed by atoms with van der Waals surface area (Å²) in [6.45, 7) is 4.45. The maximum Gasteiger partial charge on any atom is 0.0605 e. The first-order valence-electron chi connectivity index (χ1n) is 3.54. The molecule has 0 unspecified atom stereocenters. The van der Waals surface area contributed by atoms with Gasteiger partial charge in [0.25, 0.3) is 0 Å². The molecular weight excluding hydrogens is 124 g/mol. The molecule has 0 aromatic carbocycles. The van der Waals surface area contributed by atoms with E-state index in [2.05, 4.69) is 16.0 Å². The van der Waals surface area contributed by atoms with Crippen LogP contribution >= 0.6 is 0 Å². The van der Waals surface area contributed by atoms with Gasteiger partial charge in [0.05, 0.1) is 11.4 Å². The summed E-state index contributed by atoms with van der Waals surface area (Å²) < 4.78 is 0. The van der Waals surface area contributed by atoms with Gasteiger partial charge < -0.3 is 4.90 Å². The second kappa shape index (κ2) is 1.97. The molecule has 0 amide bonds. The number of rotatable bonds is 1. The van der Waals surface area contributed by atoms with E-state index in [1.165, 1.54) is 18.8 Å². The van der Waals surface area contributed by atoms with Gasteiger partial charge in [-0.2, -0.15) is 0 Å². The number of pyridine rings is 1. The zero-order valence-electron chi connectivity index (χ0n) is 6.04. The Kier molecular flexibility index (Phi) is 1.13. The van der Waals surface area contributed by atoms with Gasteiger partial charge in [-0.25, -0.2) is 0 Å². The van der Waals surface area contributed by atoms with Gasteiger partial charge in [-0.05, 0) is 19.1 Å². The summed E-state index contributed by atoms with van der Waals surface area (Å²) in [5, 5.41) is 0. The SMILES string of the molecule is Cc1ncccc1N1CC1. The highest BCUT2D eigenvalue weighted by Gasteiger charge is 2.19. The van der Waals surface area contributed by atoms with Gasteiger partial charge >= 0.3 is 0 Å². The van der Waals surface area contributed by atoms with Crippen LogP contribution in [0.1, 0.15) is 5.69 Å². The lowest BCUT2D eigenvalue weighted by Crippen LogP contribution is -1.94. The van der Waals surface area contributed by atoms with E-state index in [9.17, 15) is 0 Å². The van der Waals surface area contributed by atoms with Gasteiger partial charge in [0, 0.05) is 19.3 Å². The van der Waals surface area contributed by atoms with Crippen molar-refractivity contribution in [1.29, 1.82) is 0 Å². The highest BCUT2D eigenvalue weighted by Crippen LogP contribution is 2.22. The number of hydrogen-bond donors (Lipinski definition) is 0. The summed E-state index contributed by atoms with van der Waals surface area (Å²) in [4.78, 5) is 6.51. The van der Waals surface area contributed by atoms with Crippen molar-refractivity contribution in [3.63, 3.8) is 0 Å². The molecule has 52 valence electrons. The number of anilines is 1. The molecule has 2 heterocycles. The van der Waals surface area contributed by atoms with Crippen LogP contribution in [0.5, 0.6) is 0 Å². The lowest BCUT2D eigenvalue weighted by atomic mass is 10.3. The van der Waals surface area contributed by atoms with Crippen molar-refractivity contribution in [2.45, 2.75) is 6.92 Å². The van der Waals surface area contributed by atoms with E-state index in [0.717, 1.165) is 5.69 Å². The topological polar surface area (TPSA) is 15.9 Å². The molecule has 2 nitrogen and oxygen atoms in total. The van der Waals surface area contributed by atoms with Crippen molar-refractivity contribution < 1.29 is 0 Å². The van der Waals surface area contributed by atoms with Crippen LogP contribution in [0, 0.1) is 6.92 Å². The average molecular weight is 134 g/mol. The molecule has 2 rings (SSSR count). The molecule has 1 aliphatic rings. The molecule has 1 aromatic heterocycles. The summed E-state index contributed by atoms with van der Waals surface area (Å²) in [5.74, 6) is 0. The quantitative estimate of drug-likeness (QED) is 0.536. The molecule has 2 heteroatoms. The van der Waals surface area contributed by atoms with E-state index in [1.807, 2.05) is 19.2 Å². The number of aryl methyl sites for hydroxylation is 1. The molecular formula is C8H10N2. The van der Waals surface area contributed by atoms with Crippen LogP contribution in [0.25, 0.3) is 0 Å². The number of hydrogen-bond acceptors (Lipinski definition) is 2. The van der Waals surface area contributed by atoms with Crippen LogP contribution in [0.2, 0.25) is 0 Å². The Morgan fingerprint density at radius 1 is 1.50 bits per heavy atom. The first-order valence-corrected chi connectivity index (χ1v) is 3.54. The molecule has 10 heavy (non-hydrogen) atoms. The van der Waals surface area contributed by atoms with Gasteiger partial charge in [0.1, 0.15) is 0 Å². The Bertz CT molecular complexity index is 241. The summed E-state index contributed by atoms with van der Waals surface area (Å²) in [5.41, 5.74) is 2.43. The maximum absolute atomic E-state index is 4.20. The van der Waals surface area contributed by atoms with Crippen molar-refractivity contribution >= 4 is 5.69 Å². The molecule has 0 radical (unpaired) electrons. The monoisotopic (exact) mass is 134 g/mol. The summed E-state index contributed by atoms with van der Waals surface area (Å²) >= 11 is 0. The summed E-state index contributed by atoms with van der Waals surface area (Å²) in [7, 11) is 0. The van der Waals surface area contributed by atoms with E-state index in [1.54, 1.807) is 0 Å². The second-order valence-corrected chi connectivity index (χ2v) is 2.59. The lowest BCUT2D eigenvalue weighted by Gasteiger charge is -2.03. The van der Waals surface area contributed by atoms with Gasteiger partial charge in [0.2, 0.25) is 0 Å². The third-order valence-corrected chi connectivity index (χ3v) is 1.77. The molecule has 0 saturated carbocycles. The highest BCUT2D eigenvalue weighted by molar-refractivity contribution is 5.54. The Morgan fingerprint density at radius 2 is 2.30 bits per heavy atom. The van der Waals surface area contributed by atoms with Crippen molar-refractivity contribution in [1.82, 2.24) is 4.98 Å². The Hall–Kier alpha value is -1.05. The van der Waals surface area contributed by atoms with Crippen molar-refractivity contribution in [2.24, 2.45) is 0 Å². The molecule has 1 fully saturated rings. The predicted molar refractivity (Wildman–Crippen MR) is 41.2 cm³/mol. The fourth-order valence-corrected chi connectivity index (χ4v) is 1.10. The fourth-order valence-electron chi connectivity index (χ4n) is 1.10. The van der Waals surface area contributed by atoms with Gasteiger partial charge in [-0.15, -0.1) is 0 Å². The van der Waals surface area contributed by atoms with Crippen LogP contribution in [-0.4, -0.2) is 18.1 Å². The van der Waals surface area contributed by atoms with E-state index < -0.39 is 0 Å². The predicted octanol–water partition coefficient (Wildman–Crippen LogP) is 1.21. The molecule has 0 atom stereocenters. The van der Waals surface area contributed by atoms with E-state index in [-0.39, 0.29) is 0 Å². The molecule has 0 spiro atoms. The maximum atomic E-state index is 4.20. The smallest absolute Gasteiger partial charge is 0.0605 e. The van der Waals surface area contributed by atoms with E-state index in [0.29, 0.717) is 0 Å². The minimum Gasteiger partial charge on any atom is -0.367 e. The van der Waals surface area contributed by atoms with Crippen molar-refractivity contribution in [3.05, 3.63) is 24.0 Å². The summed E-state index contributed by atoms with van der Waals surface area (Å²) in [6.07, 6.45) is 1.84. The van der Waals surface area contributed by atoms with Crippen LogP contribution in [0.3, 0.4) is 0 Å². The van der Waals surface area contributed by atoms with Crippen LogP contribution < -0.4 is 4.90 Å². The zero-order chi connectivity index (χ0) is 6.97. The lowest BCUT2D eigenvalue weighted by molar-refractivity contribution is 1.17. The second-order valence-electron chi connectivity index (χ2n) is 2.59. The van der Waals surface area contributed by atoms with Crippen LogP contribution in [0.15, 0.2) is 18.3 Å². The molecule has 0 N–H and O–H groups in total. The van der Waals surface area contributed by atoms with E-state index in [4.69, 9.17) is 0 Å². The Labute approximate surface area is 60.5 Å². The summed E-state index contributed by atoms with van der Waals surface area (Å²) in [6, 6.07) is 4.11. The highest BCUT2D eigenvalue weighted by atomic mass is 15.3. The number of nitrogens with zero attached hydrogens (tertiary/aromatic N) is 2. The van der Waals surface area contributed by atoms with Crippen LogP contribution in [-0.2, 0) is 0 Å². The molecule has 0 bridgehead atoms. The largest absolute Gasteiger partial charge is 0.367 e. The minimum absolute atomic E-state index is 1.14. The van der Waals surface area contributed by atoms with Crippen LogP contribution in [0.4, 0.5) is 5.69 Å². The molecule has 1 aliphatic heterocycles. The molecule has 1 saturated heterocycles. The number of aromatic nitrogens is 1. The Morgan fingerprint density at radius 3 is 2.90 bits per heavy atom. The van der Waals surface area contributed by atoms with Crippen molar-refractivity contribution in [3.8, 4) is 0 Å². The first-order chi connectivity index (χ1) is 4.88. The average Bonchev–Trinajstić information content (AvgIpc) is 2.71. The molecule has 1 aromatic rings. The van der Waals surface area contributed by atoms with Gasteiger partial charge in [-0.1, -0.05) is 0 Å². The minimum atomic E-state index is 1.14. The molecule has 0 aliphatic carbocycles. The fraction of sp³-hybridized carbons (Fsp3) is 0.375. The zero-order valence-corrected chi connectivity index (χ0v) is 6.04. The van der Waals surface area contributed by atoms with E-state index >= 15 is 0 Å². The normalized spacial score (nSPS) is 15.5. The van der Waals surface area contributed by atoms with Crippen molar-refractivity contribution in [2.75, 3.05) is 18.0 Å². The third-order valence-electron chi connectivity index (χ3n) is 1.77.